The maximum Gasteiger partial charge on any atom is 0.443 e. The number of hydrogen-bond acceptors (Lipinski definition) is 3. The third kappa shape index (κ3) is 1.40. The molecule has 10 heavy (non-hydrogen) atoms. The predicted octanol–water partition coefficient (Wildman–Crippen LogP) is 0.904. The third-order valence-corrected chi connectivity index (χ3v) is 1.03. The van der Waals surface area contributed by atoms with E-state index >= 15 is 0 Å². The van der Waals surface area contributed by atoms with Crippen molar-refractivity contribution in [3.05, 3.63) is 12.3 Å². The largest absolute Gasteiger partial charge is 0.448 e. The quantitative estimate of drug-likeness (QED) is 0.547. The molecule has 0 N–H and O–H groups in total. The van der Waals surface area contributed by atoms with Gasteiger partial charge in [-0.1, -0.05) is 0 Å². The Labute approximate surface area is 59.0 Å². The molecule has 4 nitrogen and oxygen atoms in total. The molecule has 4 heteroatoms. The first-order chi connectivity index (χ1) is 4.84. The van der Waals surface area contributed by atoms with Crippen LogP contribution in [0.4, 0.5) is 4.79 Å². The smallest absolute Gasteiger partial charge is 0.443 e. The van der Waals surface area contributed by atoms with Gasteiger partial charge in [-0.2, -0.15) is 0 Å². The van der Waals surface area contributed by atoms with Crippen molar-refractivity contribution in [2.45, 2.75) is 6.92 Å². The van der Waals surface area contributed by atoms with Gasteiger partial charge in [0.2, 0.25) is 0 Å². The molecule has 1 amide bonds. The Balaban J connectivity index is 2.28. The maximum atomic E-state index is 10.8. The number of ether oxygens (including phenoxy) is 1. The summed E-state index contributed by atoms with van der Waals surface area (Å²) < 4.78 is 4.65. The number of hydroxylamine groups is 2. The standard InChI is InChI=1S/C6H9NO3/c1-2-9-6(8)7-4-3-5-10-7/h3,5H,2,4H2,1H3. The van der Waals surface area contributed by atoms with Gasteiger partial charge in [-0.25, -0.2) is 4.79 Å². The molecule has 0 aliphatic carbocycles. The van der Waals surface area contributed by atoms with E-state index in [0.29, 0.717) is 13.2 Å². The van der Waals surface area contributed by atoms with Crippen LogP contribution in [0, 0.1) is 0 Å². The van der Waals surface area contributed by atoms with E-state index in [2.05, 4.69) is 4.74 Å². The highest BCUT2D eigenvalue weighted by molar-refractivity contribution is 5.66. The van der Waals surface area contributed by atoms with Crippen molar-refractivity contribution in [2.24, 2.45) is 0 Å². The summed E-state index contributed by atoms with van der Waals surface area (Å²) in [5, 5.41) is 1.14. The molecular weight excluding hydrogens is 134 g/mol. The Hall–Kier alpha value is -1.19. The number of nitrogens with zero attached hydrogens (tertiary/aromatic N) is 1. The summed E-state index contributed by atoms with van der Waals surface area (Å²) >= 11 is 0. The molecule has 0 aromatic heterocycles. The molecule has 1 aliphatic rings. The van der Waals surface area contributed by atoms with Gasteiger partial charge in [0.25, 0.3) is 0 Å². The first kappa shape index (κ1) is 6.92. The minimum absolute atomic E-state index is 0.374. The van der Waals surface area contributed by atoms with Crippen LogP contribution in [0.25, 0.3) is 0 Å². The first-order valence-electron chi connectivity index (χ1n) is 3.10. The molecule has 1 rings (SSSR count). The normalized spacial score (nSPS) is 15.1. The molecule has 56 valence electrons. The van der Waals surface area contributed by atoms with E-state index < -0.39 is 6.09 Å². The second-order valence-corrected chi connectivity index (χ2v) is 1.74. The number of rotatable bonds is 1. The van der Waals surface area contributed by atoms with E-state index in [9.17, 15) is 4.79 Å². The van der Waals surface area contributed by atoms with Crippen molar-refractivity contribution >= 4 is 6.09 Å². The van der Waals surface area contributed by atoms with Crippen molar-refractivity contribution in [1.82, 2.24) is 5.06 Å². The average Bonchev–Trinajstić information content (AvgIpc) is 2.38. The van der Waals surface area contributed by atoms with Crippen LogP contribution in [0.1, 0.15) is 6.92 Å². The Morgan fingerprint density at radius 3 is 3.20 bits per heavy atom. The summed E-state index contributed by atoms with van der Waals surface area (Å²) in [7, 11) is 0. The Morgan fingerprint density at radius 2 is 2.70 bits per heavy atom. The van der Waals surface area contributed by atoms with Gasteiger partial charge < -0.3 is 9.57 Å². The van der Waals surface area contributed by atoms with Crippen LogP contribution in [0.3, 0.4) is 0 Å². The van der Waals surface area contributed by atoms with Crippen LogP contribution in [-0.4, -0.2) is 24.3 Å². The van der Waals surface area contributed by atoms with Gasteiger partial charge in [0.1, 0.15) is 6.26 Å². The van der Waals surface area contributed by atoms with Crippen molar-refractivity contribution in [1.29, 1.82) is 0 Å². The summed E-state index contributed by atoms with van der Waals surface area (Å²) in [6.07, 6.45) is 2.75. The molecule has 0 saturated heterocycles. The summed E-state index contributed by atoms with van der Waals surface area (Å²) in [6, 6.07) is 0. The van der Waals surface area contributed by atoms with Crippen LogP contribution in [0.15, 0.2) is 12.3 Å². The van der Waals surface area contributed by atoms with Gasteiger partial charge in [0.05, 0.1) is 13.2 Å². The lowest BCUT2D eigenvalue weighted by atomic mass is 10.6. The van der Waals surface area contributed by atoms with E-state index in [0.717, 1.165) is 5.06 Å². The number of amides is 1. The third-order valence-electron chi connectivity index (χ3n) is 1.03. The van der Waals surface area contributed by atoms with Gasteiger partial charge >= 0.3 is 6.09 Å². The zero-order chi connectivity index (χ0) is 7.40. The second-order valence-electron chi connectivity index (χ2n) is 1.74. The molecule has 0 aromatic rings. The van der Waals surface area contributed by atoms with E-state index in [1.807, 2.05) is 0 Å². The second kappa shape index (κ2) is 3.10. The lowest BCUT2D eigenvalue weighted by Crippen LogP contribution is -2.27. The van der Waals surface area contributed by atoms with E-state index in [4.69, 9.17) is 4.84 Å². The fourth-order valence-electron chi connectivity index (χ4n) is 0.611. The number of carbonyl (C=O) groups excluding carboxylic acids is 1. The highest BCUT2D eigenvalue weighted by atomic mass is 16.7. The fourth-order valence-corrected chi connectivity index (χ4v) is 0.611. The van der Waals surface area contributed by atoms with Gasteiger partial charge in [0, 0.05) is 0 Å². The number of carbonyl (C=O) groups is 1. The Bertz CT molecular complexity index is 147. The molecule has 0 spiro atoms. The zero-order valence-corrected chi connectivity index (χ0v) is 5.74. The highest BCUT2D eigenvalue weighted by Crippen LogP contribution is 2.02. The van der Waals surface area contributed by atoms with Gasteiger partial charge in [-0.3, -0.25) is 0 Å². The minimum atomic E-state index is -0.437. The average molecular weight is 143 g/mol. The van der Waals surface area contributed by atoms with Gasteiger partial charge in [0.15, 0.2) is 0 Å². The molecule has 0 atom stereocenters. The molecule has 0 radical (unpaired) electrons. The van der Waals surface area contributed by atoms with Crippen molar-refractivity contribution < 1.29 is 14.4 Å². The zero-order valence-electron chi connectivity index (χ0n) is 5.74. The first-order valence-corrected chi connectivity index (χ1v) is 3.10. The predicted molar refractivity (Wildman–Crippen MR) is 34.0 cm³/mol. The Morgan fingerprint density at radius 1 is 1.90 bits per heavy atom. The topological polar surface area (TPSA) is 38.8 Å². The molecule has 0 bridgehead atoms. The molecule has 0 saturated carbocycles. The lowest BCUT2D eigenvalue weighted by Gasteiger charge is -2.12. The monoisotopic (exact) mass is 143 g/mol. The maximum absolute atomic E-state index is 10.8. The summed E-state index contributed by atoms with van der Waals surface area (Å²) in [5.74, 6) is 0. The SMILES string of the molecule is CCOC(=O)N1CC=CO1. The van der Waals surface area contributed by atoms with Crippen LogP contribution in [0.5, 0.6) is 0 Å². The molecule has 0 aromatic carbocycles. The molecule has 1 aliphatic heterocycles. The van der Waals surface area contributed by atoms with Crippen LogP contribution < -0.4 is 0 Å². The van der Waals surface area contributed by atoms with Crippen molar-refractivity contribution in [2.75, 3.05) is 13.2 Å². The van der Waals surface area contributed by atoms with Gasteiger partial charge in [-0.05, 0) is 13.0 Å². The number of hydrogen-bond donors (Lipinski definition) is 0. The Kier molecular flexibility index (Phi) is 2.15. The van der Waals surface area contributed by atoms with E-state index in [-0.39, 0.29) is 0 Å². The van der Waals surface area contributed by atoms with Gasteiger partial charge in [-0.15, -0.1) is 5.06 Å². The highest BCUT2D eigenvalue weighted by Gasteiger charge is 2.16. The minimum Gasteiger partial charge on any atom is -0.448 e. The molecule has 0 unspecified atom stereocenters. The fraction of sp³-hybridized carbons (Fsp3) is 0.500. The molecule has 1 heterocycles. The molecule has 0 fully saturated rings. The molecular formula is C6H9NO3. The van der Waals surface area contributed by atoms with Crippen molar-refractivity contribution in [3.8, 4) is 0 Å². The van der Waals surface area contributed by atoms with Crippen molar-refractivity contribution in [3.63, 3.8) is 0 Å². The van der Waals surface area contributed by atoms with Crippen LogP contribution in [0.2, 0.25) is 0 Å². The summed E-state index contributed by atoms with van der Waals surface area (Å²) in [6.45, 7) is 2.60. The van der Waals surface area contributed by atoms with E-state index in [1.54, 1.807) is 13.0 Å². The summed E-state index contributed by atoms with van der Waals surface area (Å²) in [4.78, 5) is 15.5. The van der Waals surface area contributed by atoms with Crippen LogP contribution >= 0.6 is 0 Å². The lowest BCUT2D eigenvalue weighted by molar-refractivity contribution is -0.0605. The van der Waals surface area contributed by atoms with Crippen LogP contribution in [-0.2, 0) is 9.57 Å². The van der Waals surface area contributed by atoms with E-state index in [1.165, 1.54) is 6.26 Å². The summed E-state index contributed by atoms with van der Waals surface area (Å²) in [5.41, 5.74) is 0.